The number of carbonyl (C=O) groups is 2. The Morgan fingerprint density at radius 1 is 1.15 bits per heavy atom. The largest absolute Gasteiger partial charge is 0.463 e. The second kappa shape index (κ2) is 10.3. The van der Waals surface area contributed by atoms with E-state index in [2.05, 4.69) is 11.4 Å². The van der Waals surface area contributed by atoms with Gasteiger partial charge in [-0.25, -0.2) is 9.79 Å². The number of carbonyl (C=O) groups excluding carboxylic acids is 2. The highest BCUT2D eigenvalue weighted by atomic mass is 32.2. The van der Waals surface area contributed by atoms with Gasteiger partial charge in [-0.05, 0) is 38.7 Å². The molecular formula is C27H29N3O3S. The molecule has 0 saturated carbocycles. The van der Waals surface area contributed by atoms with Crippen LogP contribution in [0.2, 0.25) is 0 Å². The van der Waals surface area contributed by atoms with Crippen molar-refractivity contribution in [1.29, 1.82) is 0 Å². The summed E-state index contributed by atoms with van der Waals surface area (Å²) in [5, 5.41) is 5.66. The number of amides is 1. The van der Waals surface area contributed by atoms with Crippen molar-refractivity contribution in [2.45, 2.75) is 46.2 Å². The molecule has 0 saturated heterocycles. The third kappa shape index (κ3) is 4.94. The quantitative estimate of drug-likeness (QED) is 0.559. The van der Waals surface area contributed by atoms with Crippen molar-refractivity contribution in [1.82, 2.24) is 10.2 Å². The average molecular weight is 476 g/mol. The van der Waals surface area contributed by atoms with Gasteiger partial charge in [-0.2, -0.15) is 0 Å². The van der Waals surface area contributed by atoms with Gasteiger partial charge in [-0.1, -0.05) is 71.9 Å². The van der Waals surface area contributed by atoms with Crippen molar-refractivity contribution in [3.8, 4) is 0 Å². The maximum Gasteiger partial charge on any atom is 0.338 e. The zero-order valence-electron chi connectivity index (χ0n) is 19.9. The number of benzene rings is 2. The van der Waals surface area contributed by atoms with Gasteiger partial charge in [-0.15, -0.1) is 0 Å². The molecule has 0 bridgehead atoms. The van der Waals surface area contributed by atoms with E-state index < -0.39 is 12.0 Å². The van der Waals surface area contributed by atoms with Crippen molar-refractivity contribution < 1.29 is 14.3 Å². The van der Waals surface area contributed by atoms with Crippen LogP contribution in [0.25, 0.3) is 5.70 Å². The Morgan fingerprint density at radius 3 is 2.59 bits per heavy atom. The van der Waals surface area contributed by atoms with Gasteiger partial charge in [0, 0.05) is 17.3 Å². The highest BCUT2D eigenvalue weighted by molar-refractivity contribution is 8.16. The van der Waals surface area contributed by atoms with E-state index in [0.717, 1.165) is 27.6 Å². The number of rotatable bonds is 7. The Balaban J connectivity index is 1.88. The summed E-state index contributed by atoms with van der Waals surface area (Å²) in [7, 11) is 0. The Kier molecular flexibility index (Phi) is 7.22. The van der Waals surface area contributed by atoms with Crippen LogP contribution in [-0.2, 0) is 14.3 Å². The number of esters is 1. The predicted octanol–water partition coefficient (Wildman–Crippen LogP) is 5.19. The molecule has 0 aliphatic carbocycles. The SMILES string of the molecule is CCOC(=O)C1=C(c2ccccc2)N=C2SC=C(CC(=O)NC(C)C)N2C1c1cccc(C)c1. The predicted molar refractivity (Wildman–Crippen MR) is 137 cm³/mol. The minimum absolute atomic E-state index is 0.0453. The number of aliphatic imine (C=N–C) groups is 1. The lowest BCUT2D eigenvalue weighted by molar-refractivity contribution is -0.139. The lowest BCUT2D eigenvalue weighted by atomic mass is 9.90. The molecule has 0 spiro atoms. The first-order chi connectivity index (χ1) is 16.4. The van der Waals surface area contributed by atoms with Crippen LogP contribution in [0.3, 0.4) is 0 Å². The monoisotopic (exact) mass is 475 g/mol. The first-order valence-electron chi connectivity index (χ1n) is 11.4. The van der Waals surface area contributed by atoms with E-state index in [1.165, 1.54) is 11.8 Å². The maximum absolute atomic E-state index is 13.4. The smallest absolute Gasteiger partial charge is 0.338 e. The summed E-state index contributed by atoms with van der Waals surface area (Å²) < 4.78 is 5.53. The highest BCUT2D eigenvalue weighted by Gasteiger charge is 2.42. The second-order valence-corrected chi connectivity index (χ2v) is 9.39. The summed E-state index contributed by atoms with van der Waals surface area (Å²) in [5.41, 5.74) is 4.76. The van der Waals surface area contributed by atoms with Gasteiger partial charge in [0.1, 0.15) is 0 Å². The Bertz CT molecular complexity index is 1180. The van der Waals surface area contributed by atoms with E-state index in [0.29, 0.717) is 11.3 Å². The molecule has 1 N–H and O–H groups in total. The number of nitrogens with zero attached hydrogens (tertiary/aromatic N) is 2. The van der Waals surface area contributed by atoms with E-state index in [-0.39, 0.29) is 25.0 Å². The summed E-state index contributed by atoms with van der Waals surface area (Å²) >= 11 is 1.47. The normalized spacial score (nSPS) is 17.3. The van der Waals surface area contributed by atoms with Crippen LogP contribution in [0, 0.1) is 6.92 Å². The number of amidine groups is 1. The standard InChI is InChI=1S/C27H29N3O3S/c1-5-33-26(32)23-24(19-11-7-6-8-12-19)29-27-30(25(23)20-13-9-10-18(4)14-20)21(16-34-27)15-22(31)28-17(2)3/h6-14,16-17,25H,5,15H2,1-4H3,(H,28,31). The van der Waals surface area contributed by atoms with Crippen LogP contribution in [0.5, 0.6) is 0 Å². The molecule has 2 aliphatic rings. The number of hydrogen-bond acceptors (Lipinski definition) is 6. The lowest BCUT2D eigenvalue weighted by Crippen LogP contribution is -2.38. The van der Waals surface area contributed by atoms with Crippen LogP contribution in [-0.4, -0.2) is 34.6 Å². The molecular weight excluding hydrogens is 446 g/mol. The summed E-state index contributed by atoms with van der Waals surface area (Å²) in [6.45, 7) is 7.96. The Labute approximate surface area is 204 Å². The third-order valence-electron chi connectivity index (χ3n) is 5.50. The van der Waals surface area contributed by atoms with E-state index in [1.54, 1.807) is 6.92 Å². The fourth-order valence-corrected chi connectivity index (χ4v) is 5.10. The van der Waals surface area contributed by atoms with E-state index >= 15 is 0 Å². The molecule has 1 atom stereocenters. The minimum atomic E-state index is -0.463. The van der Waals surface area contributed by atoms with Crippen molar-refractivity contribution >= 4 is 34.5 Å². The van der Waals surface area contributed by atoms with Crippen molar-refractivity contribution in [3.05, 3.63) is 88.0 Å². The van der Waals surface area contributed by atoms with Gasteiger partial charge in [0.2, 0.25) is 5.91 Å². The van der Waals surface area contributed by atoms with E-state index in [1.807, 2.05) is 79.6 Å². The molecule has 1 amide bonds. The fourth-order valence-electron chi connectivity index (χ4n) is 4.18. The third-order valence-corrected chi connectivity index (χ3v) is 6.39. The summed E-state index contributed by atoms with van der Waals surface area (Å²) in [4.78, 5) is 33.0. The molecule has 2 heterocycles. The van der Waals surface area contributed by atoms with Gasteiger partial charge in [0.05, 0.1) is 30.3 Å². The van der Waals surface area contributed by atoms with E-state index in [4.69, 9.17) is 9.73 Å². The molecule has 7 heteroatoms. The van der Waals surface area contributed by atoms with Crippen molar-refractivity contribution in [2.24, 2.45) is 4.99 Å². The summed E-state index contributed by atoms with van der Waals surface area (Å²) in [5.74, 6) is -0.472. The molecule has 0 radical (unpaired) electrons. The highest BCUT2D eigenvalue weighted by Crippen LogP contribution is 2.47. The van der Waals surface area contributed by atoms with Crippen LogP contribution in [0.1, 0.15) is 49.9 Å². The minimum Gasteiger partial charge on any atom is -0.463 e. The first-order valence-corrected chi connectivity index (χ1v) is 12.3. The topological polar surface area (TPSA) is 71.0 Å². The molecule has 34 heavy (non-hydrogen) atoms. The molecule has 2 aliphatic heterocycles. The Hall–Kier alpha value is -3.32. The van der Waals surface area contributed by atoms with Crippen LogP contribution in [0.4, 0.5) is 0 Å². The van der Waals surface area contributed by atoms with Crippen LogP contribution < -0.4 is 5.32 Å². The van der Waals surface area contributed by atoms with Crippen molar-refractivity contribution in [3.63, 3.8) is 0 Å². The number of aryl methyl sites for hydroxylation is 1. The fraction of sp³-hybridized carbons (Fsp3) is 0.296. The number of ether oxygens (including phenoxy) is 1. The second-order valence-electron chi connectivity index (χ2n) is 8.56. The molecule has 0 fully saturated rings. The first kappa shape index (κ1) is 23.8. The number of hydrogen-bond donors (Lipinski definition) is 1. The van der Waals surface area contributed by atoms with Gasteiger partial charge in [0.15, 0.2) is 5.17 Å². The lowest BCUT2D eigenvalue weighted by Gasteiger charge is -2.37. The van der Waals surface area contributed by atoms with E-state index in [9.17, 15) is 9.59 Å². The molecule has 2 aromatic rings. The summed E-state index contributed by atoms with van der Waals surface area (Å²) in [6.07, 6.45) is 0.198. The van der Waals surface area contributed by atoms with Crippen LogP contribution in [0.15, 0.2) is 76.3 Å². The molecule has 1 unspecified atom stereocenters. The number of nitrogens with one attached hydrogen (secondary N) is 1. The number of fused-ring (bicyclic) bond motifs is 1. The van der Waals surface area contributed by atoms with Gasteiger partial charge < -0.3 is 15.0 Å². The van der Waals surface area contributed by atoms with Gasteiger partial charge >= 0.3 is 5.97 Å². The Morgan fingerprint density at radius 2 is 1.91 bits per heavy atom. The molecule has 176 valence electrons. The molecule has 4 rings (SSSR count). The van der Waals surface area contributed by atoms with Gasteiger partial charge in [0.25, 0.3) is 0 Å². The number of thioether (sulfide) groups is 1. The van der Waals surface area contributed by atoms with Gasteiger partial charge in [-0.3, -0.25) is 4.79 Å². The molecule has 0 aromatic heterocycles. The molecule has 2 aromatic carbocycles. The maximum atomic E-state index is 13.4. The zero-order chi connectivity index (χ0) is 24.2. The molecule has 6 nitrogen and oxygen atoms in total. The van der Waals surface area contributed by atoms with Crippen molar-refractivity contribution in [2.75, 3.05) is 6.61 Å². The summed E-state index contributed by atoms with van der Waals surface area (Å²) in [6, 6.07) is 17.4. The zero-order valence-corrected chi connectivity index (χ0v) is 20.7. The average Bonchev–Trinajstić information content (AvgIpc) is 3.20. The van der Waals surface area contributed by atoms with Crippen LogP contribution >= 0.6 is 11.8 Å².